The molecular formula is C29H34FN3O4. The van der Waals surface area contributed by atoms with Gasteiger partial charge in [-0.2, -0.15) is 0 Å². The molecule has 7 nitrogen and oxygen atoms in total. The van der Waals surface area contributed by atoms with Crippen LogP contribution in [-0.4, -0.2) is 53.2 Å². The minimum atomic E-state index is -0.662. The number of halogens is 1. The predicted octanol–water partition coefficient (Wildman–Crippen LogP) is 4.07. The van der Waals surface area contributed by atoms with Gasteiger partial charge >= 0.3 is 0 Å². The van der Waals surface area contributed by atoms with Crippen LogP contribution < -0.4 is 10.1 Å². The maximum absolute atomic E-state index is 14.5. The highest BCUT2D eigenvalue weighted by Gasteiger charge is 2.50. The Hall–Kier alpha value is -3.34. The van der Waals surface area contributed by atoms with Crippen molar-refractivity contribution in [2.24, 2.45) is 23.2 Å². The molecule has 3 aliphatic rings. The third kappa shape index (κ3) is 4.60. The van der Waals surface area contributed by atoms with Crippen LogP contribution in [0.25, 0.3) is 10.9 Å². The fourth-order valence-corrected chi connectivity index (χ4v) is 6.85. The molecule has 1 aromatic heterocycles. The van der Waals surface area contributed by atoms with Gasteiger partial charge in [0.2, 0.25) is 5.91 Å². The molecular weight excluding hydrogens is 473 g/mol. The second-order valence-electron chi connectivity index (χ2n) is 11.7. The van der Waals surface area contributed by atoms with Gasteiger partial charge in [0.15, 0.2) is 0 Å². The smallest absolute Gasteiger partial charge is 0.271 e. The second-order valence-corrected chi connectivity index (χ2v) is 11.7. The van der Waals surface area contributed by atoms with Gasteiger partial charge in [0.1, 0.15) is 29.1 Å². The summed E-state index contributed by atoms with van der Waals surface area (Å²) in [6.07, 6.45) is 10.3. The number of methoxy groups -OCH3 is 1. The molecule has 5 unspecified atom stereocenters. The largest absolute Gasteiger partial charge is 0.496 e. The zero-order chi connectivity index (χ0) is 26.5. The molecule has 1 aliphatic heterocycles. The van der Waals surface area contributed by atoms with Crippen LogP contribution in [0, 0.1) is 41.3 Å². The van der Waals surface area contributed by atoms with Crippen molar-refractivity contribution in [1.82, 2.24) is 15.2 Å². The lowest BCUT2D eigenvalue weighted by molar-refractivity contribution is -0.127. The number of H-pyrrole nitrogens is 1. The van der Waals surface area contributed by atoms with Crippen LogP contribution >= 0.6 is 0 Å². The van der Waals surface area contributed by atoms with Crippen LogP contribution in [0.1, 0.15) is 62.9 Å². The number of carbonyl (C=O) groups is 3. The van der Waals surface area contributed by atoms with Gasteiger partial charge < -0.3 is 19.9 Å². The maximum Gasteiger partial charge on any atom is 0.271 e. The molecule has 2 aliphatic carbocycles. The topological polar surface area (TPSA) is 91.5 Å². The first-order chi connectivity index (χ1) is 17.6. The van der Waals surface area contributed by atoms with Gasteiger partial charge in [-0.15, -0.1) is 6.42 Å². The highest BCUT2D eigenvalue weighted by molar-refractivity contribution is 6.02. The van der Waals surface area contributed by atoms with Crippen LogP contribution in [0.2, 0.25) is 0 Å². The summed E-state index contributed by atoms with van der Waals surface area (Å²) in [6, 6.07) is 3.15. The Balaban J connectivity index is 1.37. The number of nitrogens with zero attached hydrogens (tertiary/aromatic N) is 1. The Labute approximate surface area is 216 Å². The Kier molecular flexibility index (Phi) is 6.51. The molecule has 2 heterocycles. The van der Waals surface area contributed by atoms with E-state index in [9.17, 15) is 18.8 Å². The first kappa shape index (κ1) is 25.3. The number of ether oxygens (including phenoxy) is 1. The van der Waals surface area contributed by atoms with Gasteiger partial charge in [0.25, 0.3) is 5.91 Å². The van der Waals surface area contributed by atoms with Gasteiger partial charge in [0, 0.05) is 24.3 Å². The van der Waals surface area contributed by atoms with E-state index in [1.54, 1.807) is 11.0 Å². The summed E-state index contributed by atoms with van der Waals surface area (Å²) in [5.74, 6) is 2.29. The van der Waals surface area contributed by atoms with Crippen LogP contribution in [0.15, 0.2) is 18.2 Å². The van der Waals surface area contributed by atoms with Crippen molar-refractivity contribution >= 4 is 28.5 Å². The minimum absolute atomic E-state index is 0.0464. The van der Waals surface area contributed by atoms with Crippen LogP contribution in [0.5, 0.6) is 5.75 Å². The van der Waals surface area contributed by atoms with Crippen molar-refractivity contribution in [3.8, 4) is 18.1 Å². The lowest BCUT2D eigenvalue weighted by Gasteiger charge is -2.28. The van der Waals surface area contributed by atoms with Crippen molar-refractivity contribution < 1.29 is 23.5 Å². The molecule has 3 fully saturated rings. The number of ketones is 1. The van der Waals surface area contributed by atoms with Crippen LogP contribution in [-0.2, 0) is 9.59 Å². The summed E-state index contributed by atoms with van der Waals surface area (Å²) in [5, 5.41) is 3.45. The molecule has 0 radical (unpaired) electrons. The van der Waals surface area contributed by atoms with E-state index < -0.39 is 17.9 Å². The van der Waals surface area contributed by atoms with Crippen LogP contribution in [0.3, 0.4) is 0 Å². The molecule has 196 valence electrons. The number of aromatic nitrogens is 1. The fraction of sp³-hybridized carbons (Fsp3) is 0.552. The Morgan fingerprint density at radius 3 is 2.81 bits per heavy atom. The number of likely N-dealkylation sites (tertiary alicyclic amines) is 1. The molecule has 1 saturated heterocycles. The zero-order valence-corrected chi connectivity index (χ0v) is 21.6. The van der Waals surface area contributed by atoms with Crippen molar-refractivity contribution in [3.05, 3.63) is 29.7 Å². The van der Waals surface area contributed by atoms with E-state index in [0.29, 0.717) is 30.5 Å². The summed E-state index contributed by atoms with van der Waals surface area (Å²) < 4.78 is 19.8. The Bertz CT molecular complexity index is 1290. The number of terminal acetylenes is 1. The maximum atomic E-state index is 14.5. The van der Waals surface area contributed by atoms with E-state index in [4.69, 9.17) is 11.2 Å². The average Bonchev–Trinajstić information content (AvgIpc) is 3.60. The first-order valence-corrected chi connectivity index (χ1v) is 13.1. The Morgan fingerprint density at radius 2 is 2.14 bits per heavy atom. The van der Waals surface area contributed by atoms with Gasteiger partial charge in [-0.1, -0.05) is 26.2 Å². The quantitative estimate of drug-likeness (QED) is 0.577. The van der Waals surface area contributed by atoms with Crippen molar-refractivity contribution in [1.29, 1.82) is 0 Å². The second kappa shape index (κ2) is 9.51. The van der Waals surface area contributed by atoms with Crippen molar-refractivity contribution in [2.45, 2.75) is 64.5 Å². The van der Waals surface area contributed by atoms with E-state index in [-0.39, 0.29) is 52.0 Å². The van der Waals surface area contributed by atoms with E-state index in [1.165, 1.54) is 19.2 Å². The fourth-order valence-electron chi connectivity index (χ4n) is 6.85. The number of carbonyl (C=O) groups excluding carboxylic acids is 3. The molecule has 37 heavy (non-hydrogen) atoms. The third-order valence-electron chi connectivity index (χ3n) is 8.52. The summed E-state index contributed by atoms with van der Waals surface area (Å²) in [4.78, 5) is 44.3. The van der Waals surface area contributed by atoms with E-state index in [0.717, 1.165) is 25.7 Å². The van der Waals surface area contributed by atoms with E-state index in [2.05, 4.69) is 30.1 Å². The highest BCUT2D eigenvalue weighted by atomic mass is 19.1. The number of Topliss-reactive ketones (excluding diaryl/α,β-unsaturated/α-hetero) is 1. The number of amides is 2. The summed E-state index contributed by atoms with van der Waals surface area (Å²) in [7, 11) is 1.49. The number of nitrogens with one attached hydrogen (secondary N) is 2. The number of fused-ring (bicyclic) bond motifs is 2. The summed E-state index contributed by atoms with van der Waals surface area (Å²) >= 11 is 0. The molecule has 2 aromatic rings. The minimum Gasteiger partial charge on any atom is -0.496 e. The monoisotopic (exact) mass is 507 g/mol. The molecule has 0 bridgehead atoms. The lowest BCUT2D eigenvalue weighted by Crippen LogP contribution is -2.51. The van der Waals surface area contributed by atoms with Gasteiger partial charge in [0.05, 0.1) is 18.7 Å². The molecule has 1 aromatic carbocycles. The van der Waals surface area contributed by atoms with E-state index in [1.807, 2.05) is 0 Å². The van der Waals surface area contributed by atoms with Crippen molar-refractivity contribution in [2.75, 3.05) is 13.7 Å². The molecule has 8 heteroatoms. The average molecular weight is 508 g/mol. The summed E-state index contributed by atoms with van der Waals surface area (Å²) in [5.41, 5.74) is 0.348. The number of hydrogen-bond acceptors (Lipinski definition) is 4. The number of rotatable bonds is 6. The van der Waals surface area contributed by atoms with Gasteiger partial charge in [-0.3, -0.25) is 14.4 Å². The Morgan fingerprint density at radius 1 is 1.35 bits per heavy atom. The molecule has 5 atom stereocenters. The number of aromatic amines is 1. The summed E-state index contributed by atoms with van der Waals surface area (Å²) in [6.45, 7) is 4.61. The number of hydrogen-bond donors (Lipinski definition) is 2. The zero-order valence-electron chi connectivity index (χ0n) is 21.6. The normalized spacial score (nSPS) is 27.2. The first-order valence-electron chi connectivity index (χ1n) is 13.1. The molecule has 2 saturated carbocycles. The molecule has 5 rings (SSSR count). The van der Waals surface area contributed by atoms with Gasteiger partial charge in [-0.25, -0.2) is 4.39 Å². The van der Waals surface area contributed by atoms with Crippen LogP contribution in [0.4, 0.5) is 4.39 Å². The molecule has 2 amide bonds. The van der Waals surface area contributed by atoms with Gasteiger partial charge in [-0.05, 0) is 61.1 Å². The van der Waals surface area contributed by atoms with Crippen molar-refractivity contribution in [3.63, 3.8) is 0 Å². The SMILES string of the molecule is C#CC(CC1CC(C)(C)CC1=O)NC(=O)C1C2CCCC2CN1C(=O)c1cc2c(OC)ccc(F)c2[nH]1. The number of benzene rings is 1. The standard InChI is InChI=1S/C29H34FN3O4/c1-5-18(11-17-13-29(2,3)14-23(17)34)31-27(35)26-19-8-6-7-16(19)15-33(26)28(36)22-12-20-24(37-4)10-9-21(30)25(20)32-22/h1,9-10,12,16-19,26,32H,6-8,11,13-15H2,2-4H3,(H,31,35). The molecule has 2 N–H and O–H groups in total. The van der Waals surface area contributed by atoms with E-state index >= 15 is 0 Å². The molecule has 0 spiro atoms. The lowest BCUT2D eigenvalue weighted by atomic mass is 9.88. The highest BCUT2D eigenvalue weighted by Crippen LogP contribution is 2.44. The third-order valence-corrected chi connectivity index (χ3v) is 8.52. The predicted molar refractivity (Wildman–Crippen MR) is 137 cm³/mol.